The van der Waals surface area contributed by atoms with Gasteiger partial charge in [-0.2, -0.15) is 0 Å². The molecule has 0 amide bonds. The zero-order valence-electron chi connectivity index (χ0n) is 63.7. The minimum Gasteiger partial charge on any atom is -0.462 e. The molecule has 0 aromatic rings. The van der Waals surface area contributed by atoms with Crippen molar-refractivity contribution < 1.29 is 80.2 Å². The molecule has 4 unspecified atom stereocenters. The van der Waals surface area contributed by atoms with Crippen LogP contribution in [0, 0.1) is 23.7 Å². The van der Waals surface area contributed by atoms with Gasteiger partial charge in [-0.1, -0.05) is 344 Å². The molecule has 0 aliphatic heterocycles. The summed E-state index contributed by atoms with van der Waals surface area (Å²) in [4.78, 5) is 72.9. The van der Waals surface area contributed by atoms with Crippen molar-refractivity contribution in [2.45, 2.75) is 414 Å². The molecule has 0 aliphatic carbocycles. The van der Waals surface area contributed by atoms with Gasteiger partial charge in [-0.05, 0) is 49.4 Å². The molecule has 0 spiro atoms. The van der Waals surface area contributed by atoms with E-state index in [1.54, 1.807) is 0 Å². The molecule has 0 saturated carbocycles. The Morgan fingerprint density at radius 2 is 0.495 bits per heavy atom. The van der Waals surface area contributed by atoms with Gasteiger partial charge in [0.15, 0.2) is 12.2 Å². The van der Waals surface area contributed by atoms with Gasteiger partial charge in [0.1, 0.15) is 19.3 Å². The van der Waals surface area contributed by atoms with E-state index < -0.39 is 97.5 Å². The fourth-order valence-corrected chi connectivity index (χ4v) is 13.4. The van der Waals surface area contributed by atoms with Crippen molar-refractivity contribution in [1.29, 1.82) is 0 Å². The lowest BCUT2D eigenvalue weighted by Crippen LogP contribution is -2.30. The molecule has 0 saturated heterocycles. The van der Waals surface area contributed by atoms with E-state index in [1.165, 1.54) is 193 Å². The van der Waals surface area contributed by atoms with Crippen molar-refractivity contribution in [3.8, 4) is 0 Å². The van der Waals surface area contributed by atoms with Gasteiger partial charge < -0.3 is 33.8 Å². The number of hydrogen-bond acceptors (Lipinski definition) is 15. The van der Waals surface area contributed by atoms with Gasteiger partial charge in [0.25, 0.3) is 0 Å². The van der Waals surface area contributed by atoms with Gasteiger partial charge in [-0.25, -0.2) is 9.13 Å². The van der Waals surface area contributed by atoms with Crippen molar-refractivity contribution in [2.24, 2.45) is 23.7 Å². The number of carbonyl (C=O) groups is 4. The summed E-state index contributed by atoms with van der Waals surface area (Å²) in [5.41, 5.74) is 0. The molecule has 0 fully saturated rings. The summed E-state index contributed by atoms with van der Waals surface area (Å²) in [5, 5.41) is 10.6. The summed E-state index contributed by atoms with van der Waals surface area (Å²) in [7, 11) is -9.92. The summed E-state index contributed by atoms with van der Waals surface area (Å²) in [6.45, 7) is 14.2. The molecule has 19 heteroatoms. The first-order valence-corrected chi connectivity index (χ1v) is 43.3. The third kappa shape index (κ3) is 69.5. The maximum Gasteiger partial charge on any atom is 0.472 e. The molecule has 0 heterocycles. The first-order chi connectivity index (χ1) is 46.7. The monoisotopic (exact) mass is 1420 g/mol. The Kier molecular flexibility index (Phi) is 65.9. The lowest BCUT2D eigenvalue weighted by Gasteiger charge is -2.21. The minimum absolute atomic E-state index is 0.106. The SMILES string of the molecule is CCC(C)CCCCCCCCCCCCC(=O)OC[C@H](COP(=O)(O)OC[C@@H](O)COP(=O)(O)OC[C@@H](COC(=O)CCCCCCCCC(C)CC)OC(=O)CCCCCCCCCCCCCCCCC(C)C)OC(=O)CCCCCCCCCCCCCCCC(C)C. The fourth-order valence-electron chi connectivity index (χ4n) is 11.8. The summed E-state index contributed by atoms with van der Waals surface area (Å²) in [5.74, 6) is 1.00. The van der Waals surface area contributed by atoms with Crippen molar-refractivity contribution in [2.75, 3.05) is 39.6 Å². The predicted molar refractivity (Wildman–Crippen MR) is 395 cm³/mol. The molecule has 7 atom stereocenters. The number of aliphatic hydroxyl groups is 1. The van der Waals surface area contributed by atoms with Crippen LogP contribution >= 0.6 is 15.6 Å². The van der Waals surface area contributed by atoms with Crippen LogP contribution < -0.4 is 0 Å². The highest BCUT2D eigenvalue weighted by Gasteiger charge is 2.30. The third-order valence-corrected chi connectivity index (χ3v) is 20.7. The second kappa shape index (κ2) is 67.2. The van der Waals surface area contributed by atoms with Crippen LogP contribution in [-0.4, -0.2) is 96.7 Å². The van der Waals surface area contributed by atoms with Crippen LogP contribution in [-0.2, 0) is 65.4 Å². The van der Waals surface area contributed by atoms with Crippen LogP contribution in [0.2, 0.25) is 0 Å². The maximum atomic E-state index is 13.1. The van der Waals surface area contributed by atoms with Gasteiger partial charge in [-0.3, -0.25) is 37.3 Å². The van der Waals surface area contributed by atoms with Crippen LogP contribution in [0.4, 0.5) is 0 Å². The van der Waals surface area contributed by atoms with Crippen LogP contribution in [0.1, 0.15) is 396 Å². The quantitative estimate of drug-likeness (QED) is 0.0222. The van der Waals surface area contributed by atoms with Gasteiger partial charge in [0.2, 0.25) is 0 Å². The van der Waals surface area contributed by atoms with Crippen molar-refractivity contribution in [3.63, 3.8) is 0 Å². The first kappa shape index (κ1) is 95.1. The zero-order chi connectivity index (χ0) is 71.7. The van der Waals surface area contributed by atoms with E-state index in [0.717, 1.165) is 120 Å². The van der Waals surface area contributed by atoms with Crippen LogP contribution in [0.15, 0.2) is 0 Å². The molecule has 17 nitrogen and oxygen atoms in total. The maximum absolute atomic E-state index is 13.1. The molecule has 0 radical (unpaired) electrons. The van der Waals surface area contributed by atoms with E-state index in [1.807, 2.05) is 0 Å². The summed E-state index contributed by atoms with van der Waals surface area (Å²) >= 11 is 0. The largest absolute Gasteiger partial charge is 0.472 e. The highest BCUT2D eigenvalue weighted by molar-refractivity contribution is 7.47. The van der Waals surface area contributed by atoms with Crippen LogP contribution in [0.3, 0.4) is 0 Å². The Labute approximate surface area is 594 Å². The summed E-state index contributed by atoms with van der Waals surface area (Å²) in [6.07, 6.45) is 52.6. The average Bonchev–Trinajstić information content (AvgIpc) is 2.14. The summed E-state index contributed by atoms with van der Waals surface area (Å²) < 4.78 is 68.6. The van der Waals surface area contributed by atoms with Crippen molar-refractivity contribution >= 4 is 39.5 Å². The lowest BCUT2D eigenvalue weighted by atomic mass is 9.99. The van der Waals surface area contributed by atoms with E-state index in [-0.39, 0.29) is 25.7 Å². The molecular formula is C78H152O17P2. The van der Waals surface area contributed by atoms with Crippen molar-refractivity contribution in [3.05, 3.63) is 0 Å². The fraction of sp³-hybridized carbons (Fsp3) is 0.949. The second-order valence-corrected chi connectivity index (χ2v) is 32.4. The first-order valence-electron chi connectivity index (χ1n) is 40.3. The highest BCUT2D eigenvalue weighted by Crippen LogP contribution is 2.45. The summed E-state index contributed by atoms with van der Waals surface area (Å²) in [6, 6.07) is 0. The molecular weight excluding hydrogens is 1270 g/mol. The molecule has 0 bridgehead atoms. The van der Waals surface area contributed by atoms with Gasteiger partial charge in [0, 0.05) is 25.7 Å². The number of rotatable bonds is 75. The normalized spacial score (nSPS) is 14.6. The van der Waals surface area contributed by atoms with Gasteiger partial charge >= 0.3 is 39.5 Å². The number of phosphoric ester groups is 2. The molecule has 0 aliphatic rings. The number of unbranched alkanes of at least 4 members (excludes halogenated alkanes) is 39. The number of hydrogen-bond donors (Lipinski definition) is 3. The number of aliphatic hydroxyl groups excluding tert-OH is 1. The number of esters is 4. The van der Waals surface area contributed by atoms with Crippen LogP contribution in [0.5, 0.6) is 0 Å². The standard InChI is InChI=1S/C78H152O17P2/c1-9-70(7)56-48-40-32-26-22-23-27-33-42-50-58-75(80)88-64-73(94-77(82)61-53-45-35-29-21-17-13-15-19-25-31-39-47-55-69(5)6)66-92-96(84,85)90-62-72(79)63-91-97(86,87)93-67-74(65-89-76(81)59-51-43-37-36-41-49-57-71(8)10-2)95-78(83)60-52-44-34-28-20-16-12-11-14-18-24-30-38-46-54-68(3)4/h68-74,79H,9-67H2,1-8H3,(H,84,85)(H,86,87)/t70?,71?,72-,73-,74-/m1/s1. The second-order valence-electron chi connectivity index (χ2n) is 29.5. The Balaban J connectivity index is 5.26. The number of ether oxygens (including phenoxy) is 4. The zero-order valence-corrected chi connectivity index (χ0v) is 65.5. The average molecular weight is 1420 g/mol. The highest BCUT2D eigenvalue weighted by atomic mass is 31.2. The molecule has 97 heavy (non-hydrogen) atoms. The molecule has 576 valence electrons. The molecule has 0 aromatic heterocycles. The topological polar surface area (TPSA) is 237 Å². The smallest absolute Gasteiger partial charge is 0.462 e. The Bertz CT molecular complexity index is 1910. The van der Waals surface area contributed by atoms with Crippen molar-refractivity contribution in [1.82, 2.24) is 0 Å². The Hall–Kier alpha value is -1.94. The third-order valence-electron chi connectivity index (χ3n) is 18.8. The number of phosphoric acid groups is 2. The Morgan fingerprint density at radius 1 is 0.289 bits per heavy atom. The molecule has 0 aromatic carbocycles. The van der Waals surface area contributed by atoms with E-state index >= 15 is 0 Å². The van der Waals surface area contributed by atoms with Gasteiger partial charge in [0.05, 0.1) is 26.4 Å². The van der Waals surface area contributed by atoms with Crippen LogP contribution in [0.25, 0.3) is 0 Å². The molecule has 0 rings (SSSR count). The van der Waals surface area contributed by atoms with Gasteiger partial charge in [-0.15, -0.1) is 0 Å². The lowest BCUT2D eigenvalue weighted by molar-refractivity contribution is -0.161. The Morgan fingerprint density at radius 3 is 0.732 bits per heavy atom. The van der Waals surface area contributed by atoms with E-state index in [9.17, 15) is 43.2 Å². The van der Waals surface area contributed by atoms with E-state index in [2.05, 4.69) is 55.4 Å². The molecule has 3 N–H and O–H groups in total. The minimum atomic E-state index is -4.96. The number of carbonyl (C=O) groups excluding carboxylic acids is 4. The van der Waals surface area contributed by atoms with E-state index in [4.69, 9.17) is 37.0 Å². The predicted octanol–water partition coefficient (Wildman–Crippen LogP) is 22.8. The van der Waals surface area contributed by atoms with E-state index in [0.29, 0.717) is 25.7 Å².